The Hall–Kier alpha value is -2.70. The second kappa shape index (κ2) is 9.48. The van der Waals surface area contributed by atoms with Crippen LogP contribution in [0.4, 0.5) is 14.6 Å². The van der Waals surface area contributed by atoms with E-state index in [0.29, 0.717) is 12.5 Å². The van der Waals surface area contributed by atoms with Crippen LogP contribution in [0.5, 0.6) is 0 Å². The van der Waals surface area contributed by atoms with Gasteiger partial charge in [-0.2, -0.15) is 0 Å². The Bertz CT molecular complexity index is 799. The molecule has 1 aliphatic rings. The summed E-state index contributed by atoms with van der Waals surface area (Å²) in [6.45, 7) is 5.09. The first kappa shape index (κ1) is 20.0. The van der Waals surface area contributed by atoms with Crippen molar-refractivity contribution in [2.45, 2.75) is 32.9 Å². The molecule has 1 aromatic heterocycles. The molecule has 0 saturated carbocycles. The van der Waals surface area contributed by atoms with E-state index in [0.717, 1.165) is 42.5 Å². The van der Waals surface area contributed by atoms with Gasteiger partial charge >= 0.3 is 0 Å². The summed E-state index contributed by atoms with van der Waals surface area (Å²) in [5, 5.41) is 6.16. The first-order chi connectivity index (χ1) is 13.5. The van der Waals surface area contributed by atoms with Crippen molar-refractivity contribution >= 4 is 11.8 Å². The minimum atomic E-state index is -0.463. The van der Waals surface area contributed by atoms with E-state index in [1.165, 1.54) is 18.9 Å². The number of pyridine rings is 1. The van der Waals surface area contributed by atoms with Gasteiger partial charge in [-0.25, -0.2) is 13.8 Å². The number of halogens is 2. The third kappa shape index (κ3) is 5.41. The zero-order chi connectivity index (χ0) is 19.9. The highest BCUT2D eigenvalue weighted by molar-refractivity contribution is 5.79. The van der Waals surface area contributed by atoms with Crippen molar-refractivity contribution < 1.29 is 8.78 Å². The van der Waals surface area contributed by atoms with Crippen LogP contribution >= 0.6 is 0 Å². The number of piperidine rings is 1. The van der Waals surface area contributed by atoms with Crippen LogP contribution in [0, 0.1) is 17.6 Å². The number of benzene rings is 1. The standard InChI is InChI=1S/C21H27F2N5/c1-15-7-9-28(10-8-15)20-6-3-16(12-25-20)13-26-21(24-2)27-14-17-11-18(22)4-5-19(17)23/h3-6,11-12,15H,7-10,13-14H2,1-2H3,(H2,24,26,27). The van der Waals surface area contributed by atoms with Gasteiger partial charge in [0.1, 0.15) is 17.5 Å². The van der Waals surface area contributed by atoms with Crippen molar-refractivity contribution in [3.05, 3.63) is 59.3 Å². The van der Waals surface area contributed by atoms with Gasteiger partial charge in [0, 0.05) is 45.0 Å². The summed E-state index contributed by atoms with van der Waals surface area (Å²) in [5.74, 6) is 1.41. The first-order valence-electron chi connectivity index (χ1n) is 9.63. The summed E-state index contributed by atoms with van der Waals surface area (Å²) >= 11 is 0. The quantitative estimate of drug-likeness (QED) is 0.609. The van der Waals surface area contributed by atoms with Gasteiger partial charge in [0.2, 0.25) is 0 Å². The Labute approximate surface area is 164 Å². The number of nitrogens with zero attached hydrogens (tertiary/aromatic N) is 3. The van der Waals surface area contributed by atoms with Crippen LogP contribution in [0.15, 0.2) is 41.5 Å². The maximum Gasteiger partial charge on any atom is 0.191 e. The molecule has 3 rings (SSSR count). The number of hydrogen-bond acceptors (Lipinski definition) is 3. The molecule has 0 unspecified atom stereocenters. The van der Waals surface area contributed by atoms with Gasteiger partial charge in [0.05, 0.1) is 0 Å². The molecule has 2 heterocycles. The molecule has 0 radical (unpaired) electrons. The molecule has 1 saturated heterocycles. The molecule has 1 fully saturated rings. The van der Waals surface area contributed by atoms with Crippen molar-refractivity contribution in [3.8, 4) is 0 Å². The van der Waals surface area contributed by atoms with Crippen LogP contribution < -0.4 is 15.5 Å². The summed E-state index contributed by atoms with van der Waals surface area (Å²) < 4.78 is 27.0. The second-order valence-corrected chi connectivity index (χ2v) is 7.21. The molecule has 0 amide bonds. The first-order valence-corrected chi connectivity index (χ1v) is 9.63. The van der Waals surface area contributed by atoms with Crippen molar-refractivity contribution in [1.82, 2.24) is 15.6 Å². The number of nitrogens with one attached hydrogen (secondary N) is 2. The third-order valence-corrected chi connectivity index (χ3v) is 5.05. The number of hydrogen-bond donors (Lipinski definition) is 2. The van der Waals surface area contributed by atoms with E-state index < -0.39 is 11.6 Å². The second-order valence-electron chi connectivity index (χ2n) is 7.21. The van der Waals surface area contributed by atoms with Crippen molar-refractivity contribution in [2.24, 2.45) is 10.9 Å². The molecule has 150 valence electrons. The maximum absolute atomic E-state index is 13.7. The van der Waals surface area contributed by atoms with Gasteiger partial charge in [0.15, 0.2) is 5.96 Å². The minimum absolute atomic E-state index is 0.147. The van der Waals surface area contributed by atoms with Gasteiger partial charge in [-0.05, 0) is 48.6 Å². The van der Waals surface area contributed by atoms with E-state index >= 15 is 0 Å². The smallest absolute Gasteiger partial charge is 0.191 e. The molecule has 0 atom stereocenters. The zero-order valence-electron chi connectivity index (χ0n) is 16.4. The van der Waals surface area contributed by atoms with E-state index in [-0.39, 0.29) is 12.1 Å². The van der Waals surface area contributed by atoms with E-state index in [4.69, 9.17) is 0 Å². The molecule has 0 spiro atoms. The summed E-state index contributed by atoms with van der Waals surface area (Å²) in [6.07, 6.45) is 4.28. The van der Waals surface area contributed by atoms with Crippen LogP contribution in [0.1, 0.15) is 30.9 Å². The number of rotatable bonds is 5. The van der Waals surface area contributed by atoms with Gasteiger partial charge in [-0.1, -0.05) is 13.0 Å². The SMILES string of the molecule is CN=C(NCc1ccc(N2CCC(C)CC2)nc1)NCc1cc(F)ccc1F. The Balaban J connectivity index is 1.50. The van der Waals surface area contributed by atoms with Gasteiger partial charge < -0.3 is 15.5 Å². The largest absolute Gasteiger partial charge is 0.357 e. The predicted molar refractivity (Wildman–Crippen MR) is 108 cm³/mol. The number of aliphatic imine (C=N–C) groups is 1. The fourth-order valence-electron chi connectivity index (χ4n) is 3.21. The minimum Gasteiger partial charge on any atom is -0.357 e. The third-order valence-electron chi connectivity index (χ3n) is 5.05. The summed E-state index contributed by atoms with van der Waals surface area (Å²) in [7, 11) is 1.63. The Morgan fingerprint density at radius 2 is 1.89 bits per heavy atom. The average molecular weight is 387 g/mol. The highest BCUT2D eigenvalue weighted by atomic mass is 19.1. The molecule has 0 aliphatic carbocycles. The van der Waals surface area contributed by atoms with E-state index in [9.17, 15) is 8.78 Å². The topological polar surface area (TPSA) is 52.6 Å². The van der Waals surface area contributed by atoms with Gasteiger partial charge in [-0.3, -0.25) is 4.99 Å². The highest BCUT2D eigenvalue weighted by Gasteiger charge is 2.16. The van der Waals surface area contributed by atoms with Crippen LogP contribution in [0.2, 0.25) is 0 Å². The highest BCUT2D eigenvalue weighted by Crippen LogP contribution is 2.21. The molecule has 1 aromatic carbocycles. The molecular weight excluding hydrogens is 360 g/mol. The molecule has 2 aromatic rings. The molecule has 2 N–H and O–H groups in total. The van der Waals surface area contributed by atoms with Crippen LogP contribution in [0.25, 0.3) is 0 Å². The Morgan fingerprint density at radius 3 is 2.57 bits per heavy atom. The van der Waals surface area contributed by atoms with E-state index in [2.05, 4.69) is 32.4 Å². The lowest BCUT2D eigenvalue weighted by molar-refractivity contribution is 0.436. The van der Waals surface area contributed by atoms with Gasteiger partial charge in [0.25, 0.3) is 0 Å². The summed E-state index contributed by atoms with van der Waals surface area (Å²) in [4.78, 5) is 11.0. The average Bonchev–Trinajstić information content (AvgIpc) is 2.71. The Morgan fingerprint density at radius 1 is 1.14 bits per heavy atom. The molecular formula is C21H27F2N5. The summed E-state index contributed by atoms with van der Waals surface area (Å²) in [5.41, 5.74) is 1.28. The molecule has 0 bridgehead atoms. The number of anilines is 1. The fourth-order valence-corrected chi connectivity index (χ4v) is 3.21. The van der Waals surface area contributed by atoms with Crippen molar-refractivity contribution in [1.29, 1.82) is 0 Å². The molecule has 1 aliphatic heterocycles. The van der Waals surface area contributed by atoms with Crippen LogP contribution in [0.3, 0.4) is 0 Å². The monoisotopic (exact) mass is 387 g/mol. The van der Waals surface area contributed by atoms with E-state index in [1.807, 2.05) is 18.3 Å². The summed E-state index contributed by atoms with van der Waals surface area (Å²) in [6, 6.07) is 7.50. The normalized spacial score (nSPS) is 15.6. The fraction of sp³-hybridized carbons (Fsp3) is 0.429. The van der Waals surface area contributed by atoms with Crippen LogP contribution in [-0.4, -0.2) is 31.1 Å². The Kier molecular flexibility index (Phi) is 6.79. The molecule has 5 nitrogen and oxygen atoms in total. The lowest BCUT2D eigenvalue weighted by atomic mass is 9.99. The zero-order valence-corrected chi connectivity index (χ0v) is 16.4. The molecule has 28 heavy (non-hydrogen) atoms. The van der Waals surface area contributed by atoms with Gasteiger partial charge in [-0.15, -0.1) is 0 Å². The van der Waals surface area contributed by atoms with Crippen molar-refractivity contribution in [3.63, 3.8) is 0 Å². The molecule has 7 heteroatoms. The lowest BCUT2D eigenvalue weighted by Gasteiger charge is -2.31. The van der Waals surface area contributed by atoms with Crippen LogP contribution in [-0.2, 0) is 13.1 Å². The number of aromatic nitrogens is 1. The van der Waals surface area contributed by atoms with E-state index in [1.54, 1.807) is 7.05 Å². The van der Waals surface area contributed by atoms with Crippen molar-refractivity contribution in [2.75, 3.05) is 25.0 Å². The predicted octanol–water partition coefficient (Wildman–Crippen LogP) is 3.46. The maximum atomic E-state index is 13.7. The number of guanidine groups is 1. The lowest BCUT2D eigenvalue weighted by Crippen LogP contribution is -2.36.